The van der Waals surface area contributed by atoms with Crippen molar-refractivity contribution in [3.05, 3.63) is 58.6 Å². The molecule has 0 aliphatic carbocycles. The summed E-state index contributed by atoms with van der Waals surface area (Å²) >= 11 is 1.07. The summed E-state index contributed by atoms with van der Waals surface area (Å²) in [4.78, 5) is 36.7. The Morgan fingerprint density at radius 1 is 1.21 bits per heavy atom. The molecule has 2 heterocycles. The van der Waals surface area contributed by atoms with Crippen LogP contribution in [0.25, 0.3) is 10.1 Å². The number of carbonyl (C=O) groups excluding carboxylic acids is 3. The van der Waals surface area contributed by atoms with Gasteiger partial charge in [0.15, 0.2) is 5.76 Å². The van der Waals surface area contributed by atoms with Gasteiger partial charge in [0.05, 0.1) is 12.9 Å². The SMILES string of the molecule is CCOC(=O)c1sc2cccc(F)c2c1COC(=O)C(C)NC(=O)c1ccco1. The molecule has 1 N–H and O–H groups in total. The van der Waals surface area contributed by atoms with E-state index in [2.05, 4.69) is 5.32 Å². The van der Waals surface area contributed by atoms with Crippen molar-refractivity contribution in [3.8, 4) is 0 Å². The van der Waals surface area contributed by atoms with Crippen LogP contribution in [0.1, 0.15) is 39.6 Å². The van der Waals surface area contributed by atoms with E-state index in [1.165, 1.54) is 31.4 Å². The van der Waals surface area contributed by atoms with Crippen molar-refractivity contribution >= 4 is 39.3 Å². The fourth-order valence-corrected chi connectivity index (χ4v) is 3.79. The second-order valence-electron chi connectivity index (χ2n) is 6.02. The van der Waals surface area contributed by atoms with E-state index in [1.807, 2.05) is 0 Å². The number of hydrogen-bond donors (Lipinski definition) is 1. The van der Waals surface area contributed by atoms with Gasteiger partial charge < -0.3 is 19.2 Å². The van der Waals surface area contributed by atoms with E-state index < -0.39 is 29.7 Å². The summed E-state index contributed by atoms with van der Waals surface area (Å²) in [5.41, 5.74) is 0.236. The summed E-state index contributed by atoms with van der Waals surface area (Å²) in [6.45, 7) is 2.93. The maximum absolute atomic E-state index is 14.4. The predicted molar refractivity (Wildman–Crippen MR) is 103 cm³/mol. The van der Waals surface area contributed by atoms with Gasteiger partial charge >= 0.3 is 11.9 Å². The Bertz CT molecular complexity index is 1040. The van der Waals surface area contributed by atoms with Crippen molar-refractivity contribution in [3.63, 3.8) is 0 Å². The Balaban J connectivity index is 1.76. The van der Waals surface area contributed by atoms with E-state index in [1.54, 1.807) is 19.1 Å². The van der Waals surface area contributed by atoms with Gasteiger partial charge in [-0.2, -0.15) is 0 Å². The van der Waals surface area contributed by atoms with Crippen molar-refractivity contribution in [1.29, 1.82) is 0 Å². The number of esters is 2. The van der Waals surface area contributed by atoms with Crippen LogP contribution in [0.2, 0.25) is 0 Å². The van der Waals surface area contributed by atoms with Crippen LogP contribution >= 0.6 is 11.3 Å². The molecule has 1 amide bonds. The van der Waals surface area contributed by atoms with Crippen LogP contribution in [0.4, 0.5) is 4.39 Å². The molecule has 1 atom stereocenters. The molecule has 0 radical (unpaired) electrons. The van der Waals surface area contributed by atoms with Gasteiger partial charge in [0.25, 0.3) is 5.91 Å². The molecule has 0 fully saturated rings. The van der Waals surface area contributed by atoms with E-state index in [-0.39, 0.29) is 34.8 Å². The van der Waals surface area contributed by atoms with Gasteiger partial charge in [-0.3, -0.25) is 4.79 Å². The van der Waals surface area contributed by atoms with Crippen LogP contribution in [0.5, 0.6) is 0 Å². The maximum atomic E-state index is 14.4. The van der Waals surface area contributed by atoms with Crippen molar-refractivity contribution < 1.29 is 32.7 Å². The number of furan rings is 1. The molecular weight excluding hydrogens is 401 g/mol. The number of ether oxygens (including phenoxy) is 2. The normalized spacial score (nSPS) is 11.8. The van der Waals surface area contributed by atoms with E-state index in [0.717, 1.165) is 11.3 Å². The minimum atomic E-state index is -0.978. The van der Waals surface area contributed by atoms with Crippen molar-refractivity contribution in [2.24, 2.45) is 0 Å². The molecule has 29 heavy (non-hydrogen) atoms. The fraction of sp³-hybridized carbons (Fsp3) is 0.250. The smallest absolute Gasteiger partial charge is 0.348 e. The van der Waals surface area contributed by atoms with E-state index in [4.69, 9.17) is 13.9 Å². The number of hydrogen-bond acceptors (Lipinski definition) is 7. The molecule has 7 nitrogen and oxygen atoms in total. The fourth-order valence-electron chi connectivity index (χ4n) is 2.67. The third-order valence-electron chi connectivity index (χ3n) is 4.03. The highest BCUT2D eigenvalue weighted by Gasteiger charge is 2.25. The second-order valence-corrected chi connectivity index (χ2v) is 7.08. The number of amides is 1. The van der Waals surface area contributed by atoms with Gasteiger partial charge in [-0.05, 0) is 38.1 Å². The zero-order valence-corrected chi connectivity index (χ0v) is 16.5. The van der Waals surface area contributed by atoms with Crippen molar-refractivity contribution in [2.75, 3.05) is 6.61 Å². The average molecular weight is 419 g/mol. The van der Waals surface area contributed by atoms with E-state index in [0.29, 0.717) is 4.70 Å². The first-order valence-corrected chi connectivity index (χ1v) is 9.62. The van der Waals surface area contributed by atoms with Crippen molar-refractivity contribution in [2.45, 2.75) is 26.5 Å². The highest BCUT2D eigenvalue weighted by molar-refractivity contribution is 7.21. The van der Waals surface area contributed by atoms with Gasteiger partial charge in [-0.1, -0.05) is 6.07 Å². The zero-order valence-electron chi connectivity index (χ0n) is 15.7. The van der Waals surface area contributed by atoms with Crippen LogP contribution < -0.4 is 5.32 Å². The van der Waals surface area contributed by atoms with Gasteiger partial charge in [0.2, 0.25) is 0 Å². The molecule has 152 valence electrons. The topological polar surface area (TPSA) is 94.8 Å². The van der Waals surface area contributed by atoms with Crippen LogP contribution in [-0.2, 0) is 20.9 Å². The first kappa shape index (κ1) is 20.5. The summed E-state index contributed by atoms with van der Waals surface area (Å²) in [6, 6.07) is 6.49. The van der Waals surface area contributed by atoms with E-state index in [9.17, 15) is 18.8 Å². The average Bonchev–Trinajstić information content (AvgIpc) is 3.35. The van der Waals surface area contributed by atoms with Gasteiger partial charge in [-0.25, -0.2) is 14.0 Å². The first-order chi connectivity index (χ1) is 13.9. The number of carbonyl (C=O) groups is 3. The lowest BCUT2D eigenvalue weighted by molar-refractivity contribution is -0.146. The number of rotatable bonds is 7. The summed E-state index contributed by atoms with van der Waals surface area (Å²) < 4.78 is 30.1. The molecule has 9 heteroatoms. The summed E-state index contributed by atoms with van der Waals surface area (Å²) in [7, 11) is 0. The monoisotopic (exact) mass is 419 g/mol. The first-order valence-electron chi connectivity index (χ1n) is 8.80. The quantitative estimate of drug-likeness (QED) is 0.587. The summed E-state index contributed by atoms with van der Waals surface area (Å²) in [5.74, 6) is -2.40. The Morgan fingerprint density at radius 2 is 2.00 bits per heavy atom. The Morgan fingerprint density at radius 3 is 2.69 bits per heavy atom. The molecule has 0 aliphatic rings. The molecule has 0 saturated heterocycles. The summed E-state index contributed by atoms with van der Waals surface area (Å²) in [6.07, 6.45) is 1.34. The van der Waals surface area contributed by atoms with Crippen LogP contribution in [0.15, 0.2) is 41.0 Å². The third-order valence-corrected chi connectivity index (χ3v) is 5.21. The number of halogens is 1. The van der Waals surface area contributed by atoms with Crippen molar-refractivity contribution in [1.82, 2.24) is 5.32 Å². The predicted octanol–water partition coefficient (Wildman–Crippen LogP) is 3.67. The molecular formula is C20H18FNO6S. The molecule has 3 aromatic rings. The molecule has 0 aliphatic heterocycles. The highest BCUT2D eigenvalue weighted by atomic mass is 32.1. The molecule has 0 saturated carbocycles. The summed E-state index contributed by atoms with van der Waals surface area (Å²) in [5, 5.41) is 2.66. The molecule has 1 aromatic carbocycles. The molecule has 0 bridgehead atoms. The third kappa shape index (κ3) is 4.45. The molecule has 3 rings (SSSR count). The van der Waals surface area contributed by atoms with Gasteiger partial charge in [-0.15, -0.1) is 11.3 Å². The van der Waals surface area contributed by atoms with Gasteiger partial charge in [0, 0.05) is 15.6 Å². The number of nitrogens with one attached hydrogen (secondary N) is 1. The van der Waals surface area contributed by atoms with Crippen LogP contribution in [0.3, 0.4) is 0 Å². The van der Waals surface area contributed by atoms with Crippen LogP contribution in [-0.4, -0.2) is 30.5 Å². The lowest BCUT2D eigenvalue weighted by atomic mass is 10.1. The number of benzene rings is 1. The minimum absolute atomic E-state index is 0.0557. The lowest BCUT2D eigenvalue weighted by Gasteiger charge is -2.13. The molecule has 1 unspecified atom stereocenters. The Hall–Kier alpha value is -3.20. The molecule has 0 spiro atoms. The second kappa shape index (κ2) is 8.87. The zero-order chi connectivity index (χ0) is 21.0. The number of fused-ring (bicyclic) bond motifs is 1. The Kier molecular flexibility index (Phi) is 6.28. The lowest BCUT2D eigenvalue weighted by Crippen LogP contribution is -2.39. The van der Waals surface area contributed by atoms with E-state index >= 15 is 0 Å². The minimum Gasteiger partial charge on any atom is -0.462 e. The highest BCUT2D eigenvalue weighted by Crippen LogP contribution is 2.34. The Labute approximate surface area is 169 Å². The standard InChI is InChI=1S/C20H18FNO6S/c1-3-26-20(25)17-12(16-13(21)6-4-8-15(16)29-17)10-28-19(24)11(2)22-18(23)14-7-5-9-27-14/h4-9,11H,3,10H2,1-2H3,(H,22,23). The largest absolute Gasteiger partial charge is 0.462 e. The van der Waals surface area contributed by atoms with Crippen LogP contribution in [0, 0.1) is 5.82 Å². The maximum Gasteiger partial charge on any atom is 0.348 e. The number of thiophene rings is 1. The van der Waals surface area contributed by atoms with Gasteiger partial charge in [0.1, 0.15) is 23.3 Å². The molecule has 2 aromatic heterocycles.